The Morgan fingerprint density at radius 1 is 1.40 bits per heavy atom. The van der Waals surface area contributed by atoms with Gasteiger partial charge in [-0.05, 0) is 25.7 Å². The molecule has 1 amide bonds. The highest BCUT2D eigenvalue weighted by atomic mass is 16.3. The quantitative estimate of drug-likeness (QED) is 0.641. The van der Waals surface area contributed by atoms with Gasteiger partial charge >= 0.3 is 0 Å². The number of carbonyl (C=O) groups is 2. The molecule has 0 bridgehead atoms. The van der Waals surface area contributed by atoms with Crippen LogP contribution in [0.3, 0.4) is 0 Å². The van der Waals surface area contributed by atoms with E-state index in [1.807, 2.05) is 13.1 Å². The van der Waals surface area contributed by atoms with Gasteiger partial charge in [0.05, 0.1) is 12.6 Å². The van der Waals surface area contributed by atoms with E-state index < -0.39 is 5.91 Å². The first-order chi connectivity index (χ1) is 12.0. The van der Waals surface area contributed by atoms with Crippen LogP contribution in [0.5, 0.6) is 0 Å². The molecule has 10 heteroatoms. The number of rotatable bonds is 4. The summed E-state index contributed by atoms with van der Waals surface area (Å²) in [7, 11) is 1.85. The van der Waals surface area contributed by atoms with Gasteiger partial charge < -0.3 is 16.6 Å². The summed E-state index contributed by atoms with van der Waals surface area (Å²) in [4.78, 5) is 24.1. The molecular formula is C15H23N7O3. The fraction of sp³-hybridized carbons (Fsp3) is 0.533. The van der Waals surface area contributed by atoms with Crippen LogP contribution >= 0.6 is 0 Å². The summed E-state index contributed by atoms with van der Waals surface area (Å²) in [6.07, 6.45) is 5.68. The largest absolute Gasteiger partial charge is 0.483 e. The zero-order chi connectivity index (χ0) is 18.4. The molecule has 136 valence electrons. The lowest BCUT2D eigenvalue weighted by molar-refractivity contribution is -0.123. The number of hydrogen-bond acceptors (Lipinski definition) is 6. The van der Waals surface area contributed by atoms with E-state index in [0.717, 1.165) is 37.3 Å². The number of hydrogen-bond donors (Lipinski definition) is 3. The number of aryl methyl sites for hydroxylation is 1. The first kappa shape index (κ1) is 18.6. The number of amides is 1. The monoisotopic (exact) mass is 349 g/mol. The molecule has 3 rings (SSSR count). The van der Waals surface area contributed by atoms with E-state index in [2.05, 4.69) is 15.2 Å². The Labute approximate surface area is 144 Å². The molecule has 0 aromatic carbocycles. The normalized spacial score (nSPS) is 19.8. The Morgan fingerprint density at radius 3 is 2.56 bits per heavy atom. The fourth-order valence-corrected chi connectivity index (χ4v) is 2.98. The lowest BCUT2D eigenvalue weighted by atomic mass is 9.86. The molecular weight excluding hydrogens is 326 g/mol. The van der Waals surface area contributed by atoms with E-state index in [1.54, 1.807) is 15.6 Å². The highest BCUT2D eigenvalue weighted by molar-refractivity contribution is 5.75. The van der Waals surface area contributed by atoms with Gasteiger partial charge in [-0.2, -0.15) is 9.78 Å². The van der Waals surface area contributed by atoms with Gasteiger partial charge in [-0.25, -0.2) is 4.98 Å². The van der Waals surface area contributed by atoms with Crippen molar-refractivity contribution in [3.05, 3.63) is 23.9 Å². The predicted molar refractivity (Wildman–Crippen MR) is 88.9 cm³/mol. The molecule has 1 fully saturated rings. The summed E-state index contributed by atoms with van der Waals surface area (Å²) in [6, 6.07) is 2.15. The molecule has 2 heterocycles. The number of aromatic nitrogens is 5. The van der Waals surface area contributed by atoms with E-state index in [9.17, 15) is 4.79 Å². The van der Waals surface area contributed by atoms with Gasteiger partial charge in [-0.3, -0.25) is 14.3 Å². The Kier molecular flexibility index (Phi) is 6.23. The minimum absolute atomic E-state index is 0.0457. The molecule has 2 aromatic heterocycles. The van der Waals surface area contributed by atoms with Crippen LogP contribution in [-0.2, 0) is 23.1 Å². The zero-order valence-electron chi connectivity index (χ0n) is 14.1. The molecule has 25 heavy (non-hydrogen) atoms. The number of carbonyl (C=O) groups excluding carboxylic acids is 1. The second kappa shape index (κ2) is 8.38. The third-order valence-electron chi connectivity index (χ3n) is 4.16. The van der Waals surface area contributed by atoms with Crippen LogP contribution in [0, 0.1) is 0 Å². The molecule has 0 saturated heterocycles. The third-order valence-corrected chi connectivity index (χ3v) is 4.16. The lowest BCUT2D eigenvalue weighted by Gasteiger charge is -2.25. The third kappa shape index (κ3) is 4.63. The van der Waals surface area contributed by atoms with Crippen molar-refractivity contribution < 1.29 is 14.7 Å². The maximum atomic E-state index is 11.2. The number of nitrogens with two attached hydrogens (primary N) is 2. The van der Waals surface area contributed by atoms with Crippen molar-refractivity contribution in [2.24, 2.45) is 18.5 Å². The van der Waals surface area contributed by atoms with E-state index in [1.165, 1.54) is 0 Å². The first-order valence-electron chi connectivity index (χ1n) is 8.02. The van der Waals surface area contributed by atoms with E-state index >= 15 is 0 Å². The minimum atomic E-state index is -0.431. The van der Waals surface area contributed by atoms with Gasteiger partial charge in [0.15, 0.2) is 11.6 Å². The van der Waals surface area contributed by atoms with E-state index in [4.69, 9.17) is 21.4 Å². The molecule has 0 spiro atoms. The number of carboxylic acid groups (broad SMARTS) is 1. The SMILES string of the molecule is Cn1nccc1-n1nc(CC(N)=O)nc1C1CCC(N)CC1.O=CO. The van der Waals surface area contributed by atoms with Crippen LogP contribution in [0.25, 0.3) is 5.82 Å². The Hall–Kier alpha value is -2.75. The summed E-state index contributed by atoms with van der Waals surface area (Å²) in [5.41, 5.74) is 11.3. The molecule has 0 unspecified atom stereocenters. The Balaban J connectivity index is 0.000000701. The van der Waals surface area contributed by atoms with Crippen molar-refractivity contribution in [1.29, 1.82) is 0 Å². The van der Waals surface area contributed by atoms with Crippen molar-refractivity contribution in [2.45, 2.75) is 44.1 Å². The van der Waals surface area contributed by atoms with Gasteiger partial charge in [-0.15, -0.1) is 5.10 Å². The molecule has 0 aliphatic heterocycles. The summed E-state index contributed by atoms with van der Waals surface area (Å²) in [5, 5.41) is 15.5. The molecule has 0 atom stereocenters. The van der Waals surface area contributed by atoms with E-state index in [0.29, 0.717) is 11.7 Å². The highest BCUT2D eigenvalue weighted by Gasteiger charge is 2.26. The molecule has 2 aromatic rings. The van der Waals surface area contributed by atoms with Crippen molar-refractivity contribution in [3.8, 4) is 5.82 Å². The average molecular weight is 349 g/mol. The van der Waals surface area contributed by atoms with Crippen LogP contribution in [0.1, 0.15) is 43.3 Å². The summed E-state index contributed by atoms with van der Waals surface area (Å²) >= 11 is 0. The van der Waals surface area contributed by atoms with E-state index in [-0.39, 0.29) is 18.9 Å². The zero-order valence-corrected chi connectivity index (χ0v) is 14.1. The molecule has 0 radical (unpaired) electrons. The smallest absolute Gasteiger partial charge is 0.290 e. The summed E-state index contributed by atoms with van der Waals surface area (Å²) < 4.78 is 3.52. The Morgan fingerprint density at radius 2 is 2.04 bits per heavy atom. The van der Waals surface area contributed by atoms with Crippen LogP contribution < -0.4 is 11.5 Å². The molecule has 5 N–H and O–H groups in total. The average Bonchev–Trinajstić information content (AvgIpc) is 3.14. The molecule has 1 aliphatic rings. The summed E-state index contributed by atoms with van der Waals surface area (Å²) in [5.74, 6) is 2.02. The summed E-state index contributed by atoms with van der Waals surface area (Å²) in [6.45, 7) is -0.250. The maximum absolute atomic E-state index is 11.2. The minimum Gasteiger partial charge on any atom is -0.483 e. The van der Waals surface area contributed by atoms with Crippen LogP contribution in [0.4, 0.5) is 0 Å². The molecule has 1 saturated carbocycles. The van der Waals surface area contributed by atoms with Gasteiger partial charge in [0.25, 0.3) is 6.47 Å². The van der Waals surface area contributed by atoms with Crippen LogP contribution in [0.15, 0.2) is 12.3 Å². The molecule has 1 aliphatic carbocycles. The predicted octanol–water partition coefficient (Wildman–Crippen LogP) is -0.286. The number of nitrogens with zero attached hydrogens (tertiary/aromatic N) is 5. The van der Waals surface area contributed by atoms with Gasteiger partial charge in [0, 0.05) is 25.1 Å². The van der Waals surface area contributed by atoms with Crippen molar-refractivity contribution in [2.75, 3.05) is 0 Å². The molecule has 10 nitrogen and oxygen atoms in total. The van der Waals surface area contributed by atoms with Gasteiger partial charge in [-0.1, -0.05) is 0 Å². The van der Waals surface area contributed by atoms with Crippen molar-refractivity contribution in [3.63, 3.8) is 0 Å². The van der Waals surface area contributed by atoms with Gasteiger partial charge in [0.1, 0.15) is 5.82 Å². The lowest BCUT2D eigenvalue weighted by Crippen LogP contribution is -2.27. The van der Waals surface area contributed by atoms with Crippen LogP contribution in [-0.4, -0.2) is 48.1 Å². The van der Waals surface area contributed by atoms with Gasteiger partial charge in [0.2, 0.25) is 5.91 Å². The Bertz CT molecular complexity index is 717. The standard InChI is InChI=1S/C14H21N7O.CH2O2/c1-20-13(6-7-17-20)21-14(9-2-4-10(15)5-3-9)18-12(19-21)8-11(16)22;2-1-3/h6-7,9-10H,2-5,8,15H2,1H3,(H2,16,22);1H,(H,2,3). The second-order valence-electron chi connectivity index (χ2n) is 5.97. The highest BCUT2D eigenvalue weighted by Crippen LogP contribution is 2.32. The van der Waals surface area contributed by atoms with Crippen LogP contribution in [0.2, 0.25) is 0 Å². The van der Waals surface area contributed by atoms with Crippen molar-refractivity contribution >= 4 is 12.4 Å². The fourth-order valence-electron chi connectivity index (χ4n) is 2.98. The second-order valence-corrected chi connectivity index (χ2v) is 5.97. The van der Waals surface area contributed by atoms with Crippen molar-refractivity contribution in [1.82, 2.24) is 24.5 Å². The number of primary amides is 1. The topological polar surface area (TPSA) is 155 Å². The first-order valence-corrected chi connectivity index (χ1v) is 8.02. The maximum Gasteiger partial charge on any atom is 0.290 e.